The first kappa shape index (κ1) is 28.4. The molecule has 5 nitrogen and oxygen atoms in total. The molecule has 0 amide bonds. The number of aryl methyl sites for hydroxylation is 2. The van der Waals surface area contributed by atoms with E-state index in [9.17, 15) is 0 Å². The summed E-state index contributed by atoms with van der Waals surface area (Å²) in [6, 6.07) is 52.2. The van der Waals surface area contributed by atoms with E-state index in [1.54, 1.807) is 0 Å². The van der Waals surface area contributed by atoms with E-state index < -0.39 is 0 Å². The molecule has 0 aliphatic carbocycles. The highest BCUT2D eigenvalue weighted by atomic mass is 16.3. The molecule has 236 valence electrons. The predicted octanol–water partition coefficient (Wildman–Crippen LogP) is 11.6. The molecular weight excluding hydrogens is 615 g/mol. The van der Waals surface area contributed by atoms with Crippen LogP contribution < -0.4 is 0 Å². The minimum atomic E-state index is 0.658. The molecule has 10 rings (SSSR count). The van der Waals surface area contributed by atoms with E-state index in [0.29, 0.717) is 18.1 Å². The number of furan rings is 2. The maximum atomic E-state index is 6.42. The van der Waals surface area contributed by atoms with Crippen LogP contribution in [0.4, 0.5) is 0 Å². The summed E-state index contributed by atoms with van der Waals surface area (Å²) >= 11 is 0. The Morgan fingerprint density at radius 2 is 1.00 bits per heavy atom. The molecule has 0 atom stereocenters. The van der Waals surface area contributed by atoms with Gasteiger partial charge in [0, 0.05) is 39.1 Å². The average molecular weight is 644 g/mol. The van der Waals surface area contributed by atoms with Crippen molar-refractivity contribution < 1.29 is 8.83 Å². The molecule has 0 aliphatic rings. The molecule has 0 unspecified atom stereocenters. The Balaban J connectivity index is 1.06. The molecule has 7 aromatic carbocycles. The molecule has 0 bridgehead atoms. The van der Waals surface area contributed by atoms with Gasteiger partial charge in [-0.25, -0.2) is 15.0 Å². The summed E-state index contributed by atoms with van der Waals surface area (Å²) in [4.78, 5) is 14.7. The van der Waals surface area contributed by atoms with Gasteiger partial charge in [0.2, 0.25) is 0 Å². The summed E-state index contributed by atoms with van der Waals surface area (Å²) in [6.45, 7) is 0. The number of aromatic nitrogens is 3. The largest absolute Gasteiger partial charge is 0.456 e. The molecule has 0 N–H and O–H groups in total. The fourth-order valence-corrected chi connectivity index (χ4v) is 7.32. The Bertz CT molecular complexity index is 2810. The second-order valence-corrected chi connectivity index (χ2v) is 12.7. The summed E-state index contributed by atoms with van der Waals surface area (Å²) < 4.78 is 12.6. The van der Waals surface area contributed by atoms with Crippen molar-refractivity contribution in [1.29, 1.82) is 0 Å². The Labute approximate surface area is 287 Å². The van der Waals surface area contributed by atoms with Crippen molar-refractivity contribution in [1.82, 2.24) is 15.0 Å². The minimum Gasteiger partial charge on any atom is -0.456 e. The van der Waals surface area contributed by atoms with Crippen LogP contribution in [-0.2, 0) is 12.8 Å². The lowest BCUT2D eigenvalue weighted by molar-refractivity contribution is 0.668. The highest BCUT2D eigenvalue weighted by Crippen LogP contribution is 2.40. The van der Waals surface area contributed by atoms with E-state index in [2.05, 4.69) is 78.9 Å². The molecule has 0 saturated heterocycles. The molecule has 3 heterocycles. The van der Waals surface area contributed by atoms with Crippen molar-refractivity contribution in [2.24, 2.45) is 0 Å². The summed E-state index contributed by atoms with van der Waals surface area (Å²) in [7, 11) is 0. The zero-order valence-electron chi connectivity index (χ0n) is 27.0. The van der Waals surface area contributed by atoms with Gasteiger partial charge in [-0.3, -0.25) is 0 Å². The van der Waals surface area contributed by atoms with Crippen molar-refractivity contribution in [3.63, 3.8) is 0 Å². The number of hydrogen-bond donors (Lipinski definition) is 0. The lowest BCUT2D eigenvalue weighted by Gasteiger charge is -2.09. The zero-order valence-corrected chi connectivity index (χ0v) is 27.0. The molecule has 3 aromatic heterocycles. The molecule has 0 fully saturated rings. The smallest absolute Gasteiger partial charge is 0.163 e. The number of nitrogens with zero attached hydrogens (tertiary/aromatic N) is 3. The highest BCUT2D eigenvalue weighted by molar-refractivity contribution is 6.21. The van der Waals surface area contributed by atoms with Gasteiger partial charge in [0.15, 0.2) is 11.6 Å². The first-order valence-electron chi connectivity index (χ1n) is 16.9. The molecule has 5 heteroatoms. The topological polar surface area (TPSA) is 65.0 Å². The van der Waals surface area contributed by atoms with E-state index in [1.807, 2.05) is 72.8 Å². The van der Waals surface area contributed by atoms with Crippen LogP contribution in [0.15, 0.2) is 160 Å². The number of rotatable bonds is 6. The van der Waals surface area contributed by atoms with Crippen LogP contribution in [0.3, 0.4) is 0 Å². The van der Waals surface area contributed by atoms with Crippen LogP contribution in [0.5, 0.6) is 0 Å². The maximum absolute atomic E-state index is 6.42. The summed E-state index contributed by atoms with van der Waals surface area (Å²) in [5.74, 6) is 2.13. The zero-order chi connectivity index (χ0) is 33.0. The van der Waals surface area contributed by atoms with Crippen LogP contribution >= 0.6 is 0 Å². The third-order valence-electron chi connectivity index (χ3n) is 9.66. The predicted molar refractivity (Wildman–Crippen MR) is 202 cm³/mol. The monoisotopic (exact) mass is 643 g/mol. The first-order valence-corrected chi connectivity index (χ1v) is 16.9. The van der Waals surface area contributed by atoms with Gasteiger partial charge in [0.25, 0.3) is 0 Å². The Morgan fingerprint density at radius 1 is 0.380 bits per heavy atom. The Kier molecular flexibility index (Phi) is 6.56. The molecule has 50 heavy (non-hydrogen) atoms. The van der Waals surface area contributed by atoms with E-state index >= 15 is 0 Å². The number of benzene rings is 7. The van der Waals surface area contributed by atoms with Gasteiger partial charge >= 0.3 is 0 Å². The van der Waals surface area contributed by atoms with Gasteiger partial charge in [-0.2, -0.15) is 0 Å². The molecule has 0 spiro atoms. The third-order valence-corrected chi connectivity index (χ3v) is 9.66. The van der Waals surface area contributed by atoms with Gasteiger partial charge in [0.1, 0.15) is 28.2 Å². The first-order chi connectivity index (χ1) is 24.8. The van der Waals surface area contributed by atoms with Gasteiger partial charge < -0.3 is 8.83 Å². The SMILES string of the molecule is c1ccc(-c2nc(CCc3cccc4oc5ccc(-c6cccc7c6ccc6oc8ccccc8c67)cc5c34)nc(-c3ccccc3)n2)cc1. The average Bonchev–Trinajstić information content (AvgIpc) is 3.76. The summed E-state index contributed by atoms with van der Waals surface area (Å²) in [6.07, 6.45) is 1.41. The normalized spacial score (nSPS) is 11.8. The molecule has 0 radical (unpaired) electrons. The van der Waals surface area contributed by atoms with Crippen molar-refractivity contribution >= 4 is 54.6 Å². The second kappa shape index (κ2) is 11.5. The molecule has 0 saturated carbocycles. The highest BCUT2D eigenvalue weighted by Gasteiger charge is 2.17. The minimum absolute atomic E-state index is 0.658. The lowest BCUT2D eigenvalue weighted by atomic mass is 9.94. The van der Waals surface area contributed by atoms with Crippen LogP contribution in [0.25, 0.3) is 88.6 Å². The Morgan fingerprint density at radius 3 is 1.78 bits per heavy atom. The fourth-order valence-electron chi connectivity index (χ4n) is 7.32. The van der Waals surface area contributed by atoms with Crippen LogP contribution in [0.1, 0.15) is 11.4 Å². The van der Waals surface area contributed by atoms with Gasteiger partial charge in [0.05, 0.1) is 0 Å². The standard InChI is InChI=1S/C45H29N3O2/c1-3-11-29(12-4-1)44-46-41(47-45(48-44)30-13-5-2-6-14-30)26-22-28-15-9-20-39-42(28)36-27-31(21-24-38(36)50-39)32-17-10-18-34-33(32)23-25-40-43(34)35-16-7-8-19-37(35)49-40/h1-21,23-25,27H,22,26H2. The van der Waals surface area contributed by atoms with E-state index in [1.165, 1.54) is 21.9 Å². The lowest BCUT2D eigenvalue weighted by Crippen LogP contribution is -2.04. The van der Waals surface area contributed by atoms with Gasteiger partial charge in [-0.1, -0.05) is 121 Å². The van der Waals surface area contributed by atoms with Gasteiger partial charge in [-0.05, 0) is 64.2 Å². The van der Waals surface area contributed by atoms with E-state index in [4.69, 9.17) is 23.8 Å². The van der Waals surface area contributed by atoms with Crippen molar-refractivity contribution in [3.8, 4) is 33.9 Å². The maximum Gasteiger partial charge on any atom is 0.163 e. The van der Waals surface area contributed by atoms with Crippen molar-refractivity contribution in [3.05, 3.63) is 163 Å². The number of hydrogen-bond acceptors (Lipinski definition) is 5. The summed E-state index contributed by atoms with van der Waals surface area (Å²) in [5.41, 5.74) is 9.03. The number of fused-ring (bicyclic) bond motifs is 8. The fraction of sp³-hybridized carbons (Fsp3) is 0.0444. The molecular formula is C45H29N3O2. The van der Waals surface area contributed by atoms with Crippen molar-refractivity contribution in [2.75, 3.05) is 0 Å². The second-order valence-electron chi connectivity index (χ2n) is 12.7. The third kappa shape index (κ3) is 4.74. The molecule has 10 aromatic rings. The molecule has 0 aliphatic heterocycles. The van der Waals surface area contributed by atoms with Crippen LogP contribution in [0.2, 0.25) is 0 Å². The van der Waals surface area contributed by atoms with Crippen LogP contribution in [-0.4, -0.2) is 15.0 Å². The summed E-state index contributed by atoms with van der Waals surface area (Å²) in [5, 5.41) is 6.90. The van der Waals surface area contributed by atoms with Gasteiger partial charge in [-0.15, -0.1) is 0 Å². The quantitative estimate of drug-likeness (QED) is 0.180. The Hall–Kier alpha value is -6.59. The van der Waals surface area contributed by atoms with Crippen LogP contribution in [0, 0.1) is 0 Å². The number of para-hydroxylation sites is 1. The van der Waals surface area contributed by atoms with Crippen molar-refractivity contribution in [2.45, 2.75) is 12.8 Å². The van der Waals surface area contributed by atoms with E-state index in [0.717, 1.165) is 72.8 Å². The van der Waals surface area contributed by atoms with E-state index in [-0.39, 0.29) is 0 Å².